The molecule has 0 heterocycles. The molecule has 1 aliphatic rings. The van der Waals surface area contributed by atoms with E-state index in [1.807, 2.05) is 42.5 Å². The maximum atomic E-state index is 9.27. The fraction of sp³-hybridized carbons (Fsp3) is 0.190. The van der Waals surface area contributed by atoms with E-state index < -0.39 is 8.07 Å². The Hall–Kier alpha value is -1.48. The summed E-state index contributed by atoms with van der Waals surface area (Å²) in [6, 6.07) is 17.3. The Labute approximate surface area is 158 Å². The number of rotatable bonds is 2. The fourth-order valence-corrected chi connectivity index (χ4v) is 3.49. The summed E-state index contributed by atoms with van der Waals surface area (Å²) < 4.78 is 0. The molecule has 0 spiro atoms. The molecular weight excluding hydrogens is 344 g/mol. The molecule has 0 saturated carbocycles. The molecule has 1 N–H and O–H groups in total. The van der Waals surface area contributed by atoms with Gasteiger partial charge in [0.15, 0.2) is 0 Å². The van der Waals surface area contributed by atoms with Crippen LogP contribution < -0.4 is 0 Å². The molecule has 0 aliphatic heterocycles. The van der Waals surface area contributed by atoms with Crippen molar-refractivity contribution >= 4 is 12.9 Å². The molecule has 123 valence electrons. The molecular formula is C21H25OSiTi. The molecule has 24 heavy (non-hydrogen) atoms. The zero-order valence-electron chi connectivity index (χ0n) is 14.7. The first-order valence-electron chi connectivity index (χ1n) is 7.94. The monoisotopic (exact) mass is 369 g/mol. The van der Waals surface area contributed by atoms with E-state index >= 15 is 0 Å². The molecule has 0 unspecified atom stereocenters. The average Bonchev–Trinajstić information content (AvgIpc) is 3.13. The zero-order valence-corrected chi connectivity index (χ0v) is 17.3. The Morgan fingerprint density at radius 2 is 1.58 bits per heavy atom. The molecule has 3 heteroatoms. The van der Waals surface area contributed by atoms with E-state index in [1.54, 1.807) is 32.1 Å². The Morgan fingerprint density at radius 3 is 2.04 bits per heavy atom. The fourth-order valence-electron chi connectivity index (χ4n) is 2.24. The van der Waals surface area contributed by atoms with Crippen LogP contribution in [0.2, 0.25) is 19.6 Å². The summed E-state index contributed by atoms with van der Waals surface area (Å²) in [6.07, 6.45) is 8.82. The molecule has 0 radical (unpaired) electrons. The molecule has 0 amide bonds. The Morgan fingerprint density at radius 1 is 0.958 bits per heavy atom. The topological polar surface area (TPSA) is 20.2 Å². The zero-order chi connectivity index (χ0) is 18.0. The summed E-state index contributed by atoms with van der Waals surface area (Å²) in [5.74, 6) is 0.307. The number of benzene rings is 2. The molecule has 0 bridgehead atoms. The molecule has 1 nitrogen and oxygen atoms in total. The summed E-state index contributed by atoms with van der Waals surface area (Å²) in [7, 11) is -1.01. The van der Waals surface area contributed by atoms with Gasteiger partial charge in [-0.25, -0.2) is 11.3 Å². The summed E-state index contributed by atoms with van der Waals surface area (Å²) in [5.41, 5.74) is 2.17. The SMILES string of the molecule is C[Si](C)(C)C1=[C-]CC=C1.Oc1cccc(-c2ccccc2)c1.[CH2]=[Ti+]. The number of hydrogen-bond donors (Lipinski definition) is 1. The first-order valence-corrected chi connectivity index (χ1v) is 12.5. The van der Waals surface area contributed by atoms with Crippen LogP contribution in [-0.2, 0) is 20.0 Å². The van der Waals surface area contributed by atoms with Gasteiger partial charge in [-0.15, -0.1) is 6.42 Å². The van der Waals surface area contributed by atoms with Gasteiger partial charge in [0.25, 0.3) is 0 Å². The Balaban J connectivity index is 0.000000230. The van der Waals surface area contributed by atoms with E-state index in [2.05, 4.69) is 42.7 Å². The molecule has 3 rings (SSSR count). The van der Waals surface area contributed by atoms with E-state index in [0.717, 1.165) is 17.5 Å². The van der Waals surface area contributed by atoms with Gasteiger partial charge in [0.05, 0.1) is 0 Å². The van der Waals surface area contributed by atoms with Gasteiger partial charge < -0.3 is 5.11 Å². The van der Waals surface area contributed by atoms with Gasteiger partial charge >= 0.3 is 24.8 Å². The van der Waals surface area contributed by atoms with E-state index in [1.165, 1.54) is 5.20 Å². The summed E-state index contributed by atoms with van der Waals surface area (Å²) in [6.45, 7) is 7.06. The Bertz CT molecular complexity index is 684. The van der Waals surface area contributed by atoms with Crippen LogP contribution >= 0.6 is 0 Å². The molecule has 0 fully saturated rings. The summed E-state index contributed by atoms with van der Waals surface area (Å²) in [5, 5.41) is 10.8. The predicted molar refractivity (Wildman–Crippen MR) is 105 cm³/mol. The minimum atomic E-state index is -1.01. The minimum absolute atomic E-state index is 0.307. The van der Waals surface area contributed by atoms with Gasteiger partial charge in [0.1, 0.15) is 5.75 Å². The number of aromatic hydroxyl groups is 1. The maximum absolute atomic E-state index is 9.27. The molecule has 1 aliphatic carbocycles. The number of allylic oxidation sites excluding steroid dienone is 4. The van der Waals surface area contributed by atoms with Gasteiger partial charge in [-0.1, -0.05) is 62.1 Å². The normalized spacial score (nSPS) is 12.5. The van der Waals surface area contributed by atoms with Crippen molar-refractivity contribution in [1.82, 2.24) is 0 Å². The van der Waals surface area contributed by atoms with Crippen molar-refractivity contribution in [2.75, 3.05) is 0 Å². The average molecular weight is 369 g/mol. The molecule has 2 aromatic carbocycles. The van der Waals surface area contributed by atoms with Crippen LogP contribution in [0.1, 0.15) is 6.42 Å². The second-order valence-corrected chi connectivity index (χ2v) is 11.4. The number of phenolic OH excluding ortho intramolecular Hbond substituents is 1. The molecule has 0 aromatic heterocycles. The predicted octanol–water partition coefficient (Wildman–Crippen LogP) is 5.58. The van der Waals surface area contributed by atoms with Crippen LogP contribution in [-0.4, -0.2) is 18.0 Å². The van der Waals surface area contributed by atoms with Crippen molar-refractivity contribution in [3.8, 4) is 16.9 Å². The first kappa shape index (κ1) is 20.6. The quantitative estimate of drug-likeness (QED) is 0.541. The van der Waals surface area contributed by atoms with Gasteiger partial charge in [-0.2, -0.15) is 6.08 Å². The van der Waals surface area contributed by atoms with Crippen LogP contribution in [0.15, 0.2) is 71.9 Å². The van der Waals surface area contributed by atoms with Gasteiger partial charge in [0.2, 0.25) is 0 Å². The third kappa shape index (κ3) is 6.96. The van der Waals surface area contributed by atoms with Gasteiger partial charge in [-0.3, -0.25) is 6.08 Å². The Kier molecular flexibility index (Phi) is 8.91. The number of hydrogen-bond acceptors (Lipinski definition) is 1. The summed E-state index contributed by atoms with van der Waals surface area (Å²) in [4.78, 5) is 3.25. The first-order chi connectivity index (χ1) is 11.5. The van der Waals surface area contributed by atoms with Gasteiger partial charge in [0, 0.05) is 8.07 Å². The van der Waals surface area contributed by atoms with Crippen molar-refractivity contribution in [2.24, 2.45) is 0 Å². The second kappa shape index (κ2) is 10.4. The standard InChI is InChI=1S/C12H10O.C8H13Si.CH2.Ti/c13-12-8-4-7-11(9-12)10-5-2-1-3-6-10;1-9(2,3)8-6-4-5-7-8;;/h1-9,13H;4,6H,5H2,1-3H3;1H2;/q;-1;;+1. The van der Waals surface area contributed by atoms with Crippen molar-refractivity contribution in [3.63, 3.8) is 0 Å². The van der Waals surface area contributed by atoms with E-state index in [0.29, 0.717) is 5.75 Å². The molecule has 2 aromatic rings. The molecule has 0 atom stereocenters. The molecule has 0 saturated heterocycles. The van der Waals surface area contributed by atoms with Crippen molar-refractivity contribution in [3.05, 3.63) is 78.0 Å². The van der Waals surface area contributed by atoms with Crippen molar-refractivity contribution in [2.45, 2.75) is 26.1 Å². The van der Waals surface area contributed by atoms with Crippen LogP contribution in [0.3, 0.4) is 0 Å². The van der Waals surface area contributed by atoms with E-state index in [9.17, 15) is 5.11 Å². The van der Waals surface area contributed by atoms with Crippen LogP contribution in [0.5, 0.6) is 5.75 Å². The van der Waals surface area contributed by atoms with E-state index in [4.69, 9.17) is 0 Å². The van der Waals surface area contributed by atoms with Crippen molar-refractivity contribution < 1.29 is 25.1 Å². The summed E-state index contributed by atoms with van der Waals surface area (Å²) >= 11 is 1.75. The third-order valence-corrected chi connectivity index (χ3v) is 5.42. The van der Waals surface area contributed by atoms with Crippen LogP contribution in [0.25, 0.3) is 11.1 Å². The van der Waals surface area contributed by atoms with Crippen molar-refractivity contribution in [1.29, 1.82) is 0 Å². The second-order valence-electron chi connectivity index (χ2n) is 6.36. The van der Waals surface area contributed by atoms with E-state index in [-0.39, 0.29) is 0 Å². The third-order valence-electron chi connectivity index (χ3n) is 3.46. The van der Waals surface area contributed by atoms with Gasteiger partial charge in [-0.05, 0) is 23.3 Å². The number of phenols is 1. The van der Waals surface area contributed by atoms with Crippen LogP contribution in [0.4, 0.5) is 0 Å². The van der Waals surface area contributed by atoms with Crippen LogP contribution in [0, 0.1) is 6.08 Å².